The van der Waals surface area contributed by atoms with Gasteiger partial charge in [-0.1, -0.05) is 62.0 Å². The van der Waals surface area contributed by atoms with E-state index < -0.39 is 11.6 Å². The Morgan fingerprint density at radius 2 is 1.40 bits per heavy atom. The minimum absolute atomic E-state index is 0.0394. The molecule has 1 nitrogen and oxygen atoms in total. The molecule has 0 radical (unpaired) electrons. The Bertz CT molecular complexity index is 1190. The summed E-state index contributed by atoms with van der Waals surface area (Å²) in [5, 5.41) is 2.17. The summed E-state index contributed by atoms with van der Waals surface area (Å²) in [6, 6.07) is 21.6. The predicted octanol–water partition coefficient (Wildman–Crippen LogP) is 7.58. The summed E-state index contributed by atoms with van der Waals surface area (Å²) < 4.78 is 35.3. The summed E-state index contributed by atoms with van der Waals surface area (Å²) >= 11 is 0. The molecule has 0 aliphatic rings. The first-order valence-corrected chi connectivity index (χ1v) is 9.95. The van der Waals surface area contributed by atoms with Crippen LogP contribution in [0.3, 0.4) is 0 Å². The Morgan fingerprint density at radius 3 is 2.07 bits per heavy atom. The highest BCUT2D eigenvalue weighted by atomic mass is 19.1. The molecule has 4 aromatic rings. The van der Waals surface area contributed by atoms with E-state index in [1.54, 1.807) is 30.3 Å². The third-order valence-electron chi connectivity index (χ3n) is 5.20. The van der Waals surface area contributed by atoms with Crippen molar-refractivity contribution in [3.8, 4) is 28.0 Å². The molecule has 150 valence electrons. The van der Waals surface area contributed by atoms with E-state index in [0.717, 1.165) is 22.8 Å². The lowest BCUT2D eigenvalue weighted by Gasteiger charge is -2.11. The van der Waals surface area contributed by atoms with Gasteiger partial charge in [0.25, 0.3) is 0 Å². The Hall–Kier alpha value is -3.46. The highest BCUT2D eigenvalue weighted by Gasteiger charge is 2.15. The normalized spacial score (nSPS) is 10.9. The van der Waals surface area contributed by atoms with Gasteiger partial charge in [0.2, 0.25) is 0 Å². The lowest BCUT2D eigenvalue weighted by Crippen LogP contribution is -1.94. The summed E-state index contributed by atoms with van der Waals surface area (Å²) in [7, 11) is 0. The molecular formula is C27H22F2O. The van der Waals surface area contributed by atoms with Crippen molar-refractivity contribution >= 4 is 10.8 Å². The van der Waals surface area contributed by atoms with E-state index in [9.17, 15) is 8.78 Å². The summed E-state index contributed by atoms with van der Waals surface area (Å²) in [6.45, 7) is 6.09. The maximum atomic E-state index is 14.9. The van der Waals surface area contributed by atoms with Crippen LogP contribution in [0.25, 0.3) is 33.0 Å². The van der Waals surface area contributed by atoms with Crippen molar-refractivity contribution in [2.75, 3.05) is 6.61 Å². The van der Waals surface area contributed by atoms with Crippen LogP contribution in [-0.2, 0) is 6.42 Å². The van der Waals surface area contributed by atoms with E-state index in [1.807, 2.05) is 18.2 Å². The van der Waals surface area contributed by atoms with Crippen LogP contribution in [0, 0.1) is 11.6 Å². The second-order valence-corrected chi connectivity index (χ2v) is 7.19. The van der Waals surface area contributed by atoms with Gasteiger partial charge in [-0.3, -0.25) is 0 Å². The zero-order valence-electron chi connectivity index (χ0n) is 16.8. The van der Waals surface area contributed by atoms with E-state index >= 15 is 0 Å². The lowest BCUT2D eigenvalue weighted by molar-refractivity contribution is 0.363. The second kappa shape index (κ2) is 8.50. The highest BCUT2D eigenvalue weighted by Crippen LogP contribution is 2.33. The van der Waals surface area contributed by atoms with Crippen LogP contribution < -0.4 is 4.74 Å². The molecule has 0 saturated heterocycles. The van der Waals surface area contributed by atoms with Crippen molar-refractivity contribution in [3.63, 3.8) is 0 Å². The maximum absolute atomic E-state index is 14.9. The van der Waals surface area contributed by atoms with Crippen LogP contribution >= 0.6 is 0 Å². The predicted molar refractivity (Wildman–Crippen MR) is 120 cm³/mol. The summed E-state index contributed by atoms with van der Waals surface area (Å²) in [5.41, 5.74) is 2.98. The SMILES string of the molecule is C=CCOc1ccc(-c2c(F)cc(-c3ccc4cc(CC)ccc4c3)cc2F)cc1. The van der Waals surface area contributed by atoms with E-state index in [4.69, 9.17) is 4.74 Å². The molecule has 0 N–H and O–H groups in total. The Kier molecular flexibility index (Phi) is 5.62. The van der Waals surface area contributed by atoms with Crippen molar-refractivity contribution in [1.82, 2.24) is 0 Å². The molecule has 30 heavy (non-hydrogen) atoms. The molecule has 4 aromatic carbocycles. The molecule has 0 saturated carbocycles. The fourth-order valence-electron chi connectivity index (χ4n) is 3.58. The van der Waals surface area contributed by atoms with Gasteiger partial charge in [-0.2, -0.15) is 0 Å². The van der Waals surface area contributed by atoms with Crippen LogP contribution in [0.4, 0.5) is 8.78 Å². The van der Waals surface area contributed by atoms with Gasteiger partial charge in [-0.25, -0.2) is 8.78 Å². The number of halogens is 2. The van der Waals surface area contributed by atoms with Gasteiger partial charge in [0.15, 0.2) is 0 Å². The van der Waals surface area contributed by atoms with Gasteiger partial charge >= 0.3 is 0 Å². The van der Waals surface area contributed by atoms with Gasteiger partial charge < -0.3 is 4.74 Å². The summed E-state index contributed by atoms with van der Waals surface area (Å²) in [4.78, 5) is 0. The Labute approximate surface area is 175 Å². The number of benzene rings is 4. The summed E-state index contributed by atoms with van der Waals surface area (Å²) in [5.74, 6) is -0.559. The lowest BCUT2D eigenvalue weighted by atomic mass is 9.96. The number of hydrogen-bond donors (Lipinski definition) is 0. The smallest absolute Gasteiger partial charge is 0.134 e. The molecule has 0 aromatic heterocycles. The minimum Gasteiger partial charge on any atom is -0.490 e. The summed E-state index contributed by atoms with van der Waals surface area (Å²) in [6.07, 6.45) is 2.61. The highest BCUT2D eigenvalue weighted by molar-refractivity contribution is 5.88. The van der Waals surface area contributed by atoms with Crippen molar-refractivity contribution in [1.29, 1.82) is 0 Å². The van der Waals surface area contributed by atoms with Crippen LogP contribution in [0.1, 0.15) is 12.5 Å². The van der Waals surface area contributed by atoms with Crippen LogP contribution in [0.2, 0.25) is 0 Å². The first kappa shape index (κ1) is 19.8. The largest absolute Gasteiger partial charge is 0.490 e. The van der Waals surface area contributed by atoms with E-state index in [-0.39, 0.29) is 5.56 Å². The fraction of sp³-hybridized carbons (Fsp3) is 0.111. The first-order valence-electron chi connectivity index (χ1n) is 9.95. The van der Waals surface area contributed by atoms with Gasteiger partial charge in [0.1, 0.15) is 24.0 Å². The van der Waals surface area contributed by atoms with E-state index in [1.165, 1.54) is 17.7 Å². The maximum Gasteiger partial charge on any atom is 0.134 e. The molecule has 0 heterocycles. The van der Waals surface area contributed by atoms with Crippen LogP contribution in [0.5, 0.6) is 5.75 Å². The molecule has 3 heteroatoms. The number of fused-ring (bicyclic) bond motifs is 1. The third-order valence-corrected chi connectivity index (χ3v) is 5.20. The van der Waals surface area contributed by atoms with Gasteiger partial charge in [-0.15, -0.1) is 0 Å². The fourth-order valence-corrected chi connectivity index (χ4v) is 3.58. The topological polar surface area (TPSA) is 9.23 Å². The zero-order valence-corrected chi connectivity index (χ0v) is 16.8. The second-order valence-electron chi connectivity index (χ2n) is 7.19. The molecule has 0 spiro atoms. The zero-order chi connectivity index (χ0) is 21.1. The molecule has 0 amide bonds. The average Bonchev–Trinajstić information content (AvgIpc) is 2.77. The molecular weight excluding hydrogens is 378 g/mol. The van der Waals surface area contributed by atoms with Gasteiger partial charge in [0.05, 0.1) is 5.56 Å². The number of ether oxygens (including phenoxy) is 1. The first-order chi connectivity index (χ1) is 14.6. The molecule has 0 unspecified atom stereocenters. The minimum atomic E-state index is -0.591. The standard InChI is InChI=1S/C27H22F2O/c1-3-13-30-24-11-9-19(10-12-24)27-25(28)16-23(17-26(27)29)22-8-7-20-14-18(4-2)5-6-21(20)15-22/h3,5-12,14-17H,1,4,13H2,2H3. The van der Waals surface area contributed by atoms with Crippen molar-refractivity contribution < 1.29 is 13.5 Å². The Balaban J connectivity index is 1.68. The Morgan fingerprint density at radius 1 is 0.767 bits per heavy atom. The van der Waals surface area contributed by atoms with Crippen molar-refractivity contribution in [3.05, 3.63) is 103 Å². The van der Waals surface area contributed by atoms with E-state index in [0.29, 0.717) is 23.5 Å². The number of hydrogen-bond acceptors (Lipinski definition) is 1. The number of aryl methyl sites for hydroxylation is 1. The molecule has 0 fully saturated rings. The van der Waals surface area contributed by atoms with Crippen LogP contribution in [-0.4, -0.2) is 6.61 Å². The van der Waals surface area contributed by atoms with Crippen LogP contribution in [0.15, 0.2) is 85.5 Å². The van der Waals surface area contributed by atoms with Crippen molar-refractivity contribution in [2.24, 2.45) is 0 Å². The number of rotatable bonds is 6. The molecule has 0 bridgehead atoms. The van der Waals surface area contributed by atoms with E-state index in [2.05, 4.69) is 31.7 Å². The molecule has 4 rings (SSSR count). The van der Waals surface area contributed by atoms with Gasteiger partial charge in [-0.05, 0) is 69.8 Å². The quantitative estimate of drug-likeness (QED) is 0.303. The third kappa shape index (κ3) is 3.97. The van der Waals surface area contributed by atoms with Gasteiger partial charge in [0, 0.05) is 0 Å². The monoisotopic (exact) mass is 400 g/mol. The molecule has 0 atom stereocenters. The molecule has 0 aliphatic heterocycles. The average molecular weight is 400 g/mol. The molecule has 0 aliphatic carbocycles. The van der Waals surface area contributed by atoms with Crippen molar-refractivity contribution in [2.45, 2.75) is 13.3 Å².